The van der Waals surface area contributed by atoms with Gasteiger partial charge >= 0.3 is 11.9 Å². The Morgan fingerprint density at radius 1 is 1.07 bits per heavy atom. The zero-order valence-corrected chi connectivity index (χ0v) is 8.00. The van der Waals surface area contributed by atoms with Crippen LogP contribution < -0.4 is 0 Å². The number of carbonyl (C=O) groups excluding carboxylic acids is 1. The highest BCUT2D eigenvalue weighted by Crippen LogP contribution is 2.03. The summed E-state index contributed by atoms with van der Waals surface area (Å²) in [5.41, 5.74) is 0. The Morgan fingerprint density at radius 2 is 1.67 bits per heavy atom. The summed E-state index contributed by atoms with van der Waals surface area (Å²) in [6.07, 6.45) is -3.95. The Morgan fingerprint density at radius 3 is 2.13 bits per heavy atom. The summed E-state index contributed by atoms with van der Waals surface area (Å²) in [5, 5.41) is 34.1. The van der Waals surface area contributed by atoms with Crippen molar-refractivity contribution in [3.05, 3.63) is 0 Å². The number of carboxylic acids is 1. The van der Waals surface area contributed by atoms with E-state index in [1.165, 1.54) is 0 Å². The van der Waals surface area contributed by atoms with Crippen LogP contribution in [0.4, 0.5) is 0 Å². The minimum Gasteiger partial charge on any atom is -0.481 e. The summed E-state index contributed by atoms with van der Waals surface area (Å²) in [5.74, 6) is -1.97. The zero-order chi connectivity index (χ0) is 11.8. The minimum atomic E-state index is -1.57. The topological polar surface area (TPSA) is 124 Å². The second-order valence-corrected chi connectivity index (χ2v) is 2.90. The van der Waals surface area contributed by atoms with Gasteiger partial charge in [0.15, 0.2) is 6.29 Å². The molecule has 0 rings (SSSR count). The average molecular weight is 222 g/mol. The fourth-order valence-corrected chi connectivity index (χ4v) is 0.770. The Labute approximate surface area is 85.9 Å². The fourth-order valence-electron chi connectivity index (χ4n) is 0.770. The number of aliphatic hydroxyl groups excluding tert-OH is 2. The van der Waals surface area contributed by atoms with Gasteiger partial charge in [0, 0.05) is 12.8 Å². The molecule has 0 aromatic carbocycles. The molecule has 0 radical (unpaired) electrons. The number of aliphatic carboxylic acids is 1. The summed E-state index contributed by atoms with van der Waals surface area (Å²) in [7, 11) is 0. The lowest BCUT2D eigenvalue weighted by atomic mass is 10.3. The molecule has 88 valence electrons. The maximum atomic E-state index is 10.8. The molecule has 0 saturated carbocycles. The molecular formula is C8H14O7. The molecule has 0 spiro atoms. The third-order valence-corrected chi connectivity index (χ3v) is 1.48. The molecule has 7 heteroatoms. The van der Waals surface area contributed by atoms with E-state index in [-0.39, 0.29) is 25.7 Å². The predicted molar refractivity (Wildman–Crippen MR) is 46.4 cm³/mol. The van der Waals surface area contributed by atoms with Crippen molar-refractivity contribution >= 4 is 11.9 Å². The van der Waals surface area contributed by atoms with Gasteiger partial charge in [-0.15, -0.1) is 0 Å². The van der Waals surface area contributed by atoms with Crippen molar-refractivity contribution in [2.24, 2.45) is 0 Å². The molecule has 0 fully saturated rings. The van der Waals surface area contributed by atoms with E-state index >= 15 is 0 Å². The molecule has 0 aliphatic rings. The fraction of sp³-hybridized carbons (Fsp3) is 0.750. The van der Waals surface area contributed by atoms with Gasteiger partial charge in [-0.3, -0.25) is 9.59 Å². The lowest BCUT2D eigenvalue weighted by Gasteiger charge is -2.12. The molecule has 7 nitrogen and oxygen atoms in total. The van der Waals surface area contributed by atoms with Crippen LogP contribution in [0.3, 0.4) is 0 Å². The van der Waals surface area contributed by atoms with Crippen LogP contribution in [0.5, 0.6) is 0 Å². The number of rotatable bonds is 7. The molecule has 4 N–H and O–H groups in total. The van der Waals surface area contributed by atoms with Crippen LogP contribution in [0.15, 0.2) is 0 Å². The lowest BCUT2D eigenvalue weighted by molar-refractivity contribution is -0.172. The van der Waals surface area contributed by atoms with E-state index in [9.17, 15) is 9.59 Å². The normalized spacial score (nSPS) is 12.5. The van der Waals surface area contributed by atoms with Crippen molar-refractivity contribution in [2.75, 3.05) is 0 Å². The number of aliphatic hydroxyl groups is 3. The van der Waals surface area contributed by atoms with Gasteiger partial charge < -0.3 is 25.2 Å². The quantitative estimate of drug-likeness (QED) is 0.315. The van der Waals surface area contributed by atoms with Crippen LogP contribution in [0.1, 0.15) is 25.7 Å². The van der Waals surface area contributed by atoms with Crippen LogP contribution in [0.2, 0.25) is 0 Å². The molecule has 0 aromatic rings. The van der Waals surface area contributed by atoms with E-state index in [4.69, 9.17) is 20.4 Å². The Balaban J connectivity index is 3.62. The number of carbonyl (C=O) groups is 2. The molecule has 15 heavy (non-hydrogen) atoms. The van der Waals surface area contributed by atoms with Crippen molar-refractivity contribution < 1.29 is 34.8 Å². The number of carboxylic acid groups (broad SMARTS) is 1. The van der Waals surface area contributed by atoms with Crippen molar-refractivity contribution in [1.82, 2.24) is 0 Å². The molecule has 0 aromatic heterocycles. The first-order chi connectivity index (χ1) is 6.91. The second-order valence-electron chi connectivity index (χ2n) is 2.90. The van der Waals surface area contributed by atoms with Crippen molar-refractivity contribution in [3.8, 4) is 0 Å². The smallest absolute Gasteiger partial charge is 0.308 e. The summed E-state index contributed by atoms with van der Waals surface area (Å²) in [6.45, 7) is 0. The number of hydrogen-bond donors (Lipinski definition) is 4. The van der Waals surface area contributed by atoms with Gasteiger partial charge in [0.05, 0.1) is 12.8 Å². The largest absolute Gasteiger partial charge is 0.481 e. The monoisotopic (exact) mass is 222 g/mol. The van der Waals surface area contributed by atoms with Crippen LogP contribution in [-0.2, 0) is 14.3 Å². The molecule has 0 aliphatic carbocycles. The van der Waals surface area contributed by atoms with E-state index in [1.807, 2.05) is 0 Å². The van der Waals surface area contributed by atoms with Gasteiger partial charge in [0.1, 0.15) is 0 Å². The van der Waals surface area contributed by atoms with Crippen LogP contribution in [0, 0.1) is 0 Å². The molecule has 0 bridgehead atoms. The van der Waals surface area contributed by atoms with E-state index in [2.05, 4.69) is 4.74 Å². The van der Waals surface area contributed by atoms with Gasteiger partial charge in [-0.2, -0.15) is 0 Å². The molecule has 0 saturated heterocycles. The highest BCUT2D eigenvalue weighted by molar-refractivity contribution is 5.76. The third-order valence-electron chi connectivity index (χ3n) is 1.48. The summed E-state index contributed by atoms with van der Waals surface area (Å²) in [4.78, 5) is 20.9. The van der Waals surface area contributed by atoms with E-state index in [0.717, 1.165) is 0 Å². The number of esters is 1. The molecule has 0 heterocycles. The summed E-state index contributed by atoms with van der Waals surface area (Å²) < 4.78 is 4.38. The van der Waals surface area contributed by atoms with Crippen LogP contribution >= 0.6 is 0 Å². The van der Waals surface area contributed by atoms with Gasteiger partial charge in [0.25, 0.3) is 0 Å². The standard InChI is InChI=1S/C8H14O7/c9-5(10)1-3-7(13)15-8(14)4-2-6(11)12/h5,7,9-10,13H,1-4H2,(H,11,12). The van der Waals surface area contributed by atoms with E-state index in [0.29, 0.717) is 0 Å². The van der Waals surface area contributed by atoms with Crippen molar-refractivity contribution in [2.45, 2.75) is 38.3 Å². The molecule has 1 unspecified atom stereocenters. The Kier molecular flexibility index (Phi) is 6.59. The predicted octanol–water partition coefficient (Wildman–Crippen LogP) is -1.20. The number of ether oxygens (including phenoxy) is 1. The van der Waals surface area contributed by atoms with Crippen LogP contribution in [-0.4, -0.2) is 44.9 Å². The molecule has 0 amide bonds. The Hall–Kier alpha value is -1.18. The molecule has 1 atom stereocenters. The zero-order valence-electron chi connectivity index (χ0n) is 8.00. The first-order valence-electron chi connectivity index (χ1n) is 4.37. The number of hydrogen-bond acceptors (Lipinski definition) is 6. The van der Waals surface area contributed by atoms with Gasteiger partial charge in [-0.1, -0.05) is 0 Å². The first kappa shape index (κ1) is 13.8. The summed E-state index contributed by atoms with van der Waals surface area (Å²) in [6, 6.07) is 0. The molecule has 0 aliphatic heterocycles. The summed E-state index contributed by atoms with van der Waals surface area (Å²) >= 11 is 0. The van der Waals surface area contributed by atoms with E-state index in [1.54, 1.807) is 0 Å². The molecular weight excluding hydrogens is 208 g/mol. The van der Waals surface area contributed by atoms with Crippen LogP contribution in [0.25, 0.3) is 0 Å². The maximum absolute atomic E-state index is 10.8. The van der Waals surface area contributed by atoms with Gasteiger partial charge in [0.2, 0.25) is 6.29 Å². The van der Waals surface area contributed by atoms with E-state index < -0.39 is 24.5 Å². The van der Waals surface area contributed by atoms with Gasteiger partial charge in [-0.05, 0) is 0 Å². The first-order valence-corrected chi connectivity index (χ1v) is 4.37. The maximum Gasteiger partial charge on any atom is 0.308 e. The highest BCUT2D eigenvalue weighted by atomic mass is 16.6. The van der Waals surface area contributed by atoms with Crippen molar-refractivity contribution in [3.63, 3.8) is 0 Å². The minimum absolute atomic E-state index is 0.115. The average Bonchev–Trinajstić information content (AvgIpc) is 2.11. The third kappa shape index (κ3) is 9.13. The lowest BCUT2D eigenvalue weighted by Crippen LogP contribution is -2.20. The van der Waals surface area contributed by atoms with Gasteiger partial charge in [-0.25, -0.2) is 0 Å². The second kappa shape index (κ2) is 7.16. The highest BCUT2D eigenvalue weighted by Gasteiger charge is 2.13. The van der Waals surface area contributed by atoms with Crippen molar-refractivity contribution in [1.29, 1.82) is 0 Å². The Bertz CT molecular complexity index is 213. The SMILES string of the molecule is O=C(O)CCC(=O)OC(O)CCC(O)O.